The van der Waals surface area contributed by atoms with Crippen molar-refractivity contribution >= 4 is 28.0 Å². The first-order chi connectivity index (χ1) is 11.1. The van der Waals surface area contributed by atoms with Gasteiger partial charge in [0.15, 0.2) is 11.7 Å². The molecule has 0 spiro atoms. The summed E-state index contributed by atoms with van der Waals surface area (Å²) in [5, 5.41) is 12.9. The lowest BCUT2D eigenvalue weighted by Crippen LogP contribution is -2.13. The topological polar surface area (TPSA) is 58.7 Å². The summed E-state index contributed by atoms with van der Waals surface area (Å²) < 4.78 is 2.13. The molecule has 4 nitrogen and oxygen atoms in total. The fourth-order valence-corrected chi connectivity index (χ4v) is 3.65. The largest absolute Gasteiger partial charge is 0.347 e. The quantitative estimate of drug-likeness (QED) is 0.716. The number of thiazole rings is 1. The second-order valence-corrected chi connectivity index (χ2v) is 6.38. The van der Waals surface area contributed by atoms with Crippen molar-refractivity contribution in [2.45, 2.75) is 32.7 Å². The van der Waals surface area contributed by atoms with Gasteiger partial charge in [0.05, 0.1) is 6.07 Å². The molecular weight excluding hydrogens is 306 g/mol. The molecule has 1 unspecified atom stereocenters. The van der Waals surface area contributed by atoms with Gasteiger partial charge in [-0.2, -0.15) is 5.26 Å². The van der Waals surface area contributed by atoms with E-state index in [0.29, 0.717) is 5.01 Å². The average Bonchev–Trinajstić information content (AvgIpc) is 3.13. The fraction of sp³-hybridized carbons (Fsp3) is 0.278. The van der Waals surface area contributed by atoms with Crippen LogP contribution >= 0.6 is 11.3 Å². The van der Waals surface area contributed by atoms with E-state index in [1.165, 1.54) is 11.3 Å². The number of Topliss-reactive ketones (excluding diaryl/α,β-unsaturated/α-hetero) is 1. The number of carbonyl (C=O) groups excluding carboxylic acids is 1. The second-order valence-electron chi connectivity index (χ2n) is 5.49. The van der Waals surface area contributed by atoms with Gasteiger partial charge in [0.1, 0.15) is 5.01 Å². The van der Waals surface area contributed by atoms with Crippen molar-refractivity contribution in [3.05, 3.63) is 52.1 Å². The van der Waals surface area contributed by atoms with Crippen molar-refractivity contribution in [1.29, 1.82) is 5.26 Å². The van der Waals surface area contributed by atoms with Gasteiger partial charge in [-0.25, -0.2) is 4.98 Å². The van der Waals surface area contributed by atoms with Crippen molar-refractivity contribution in [2.24, 2.45) is 0 Å². The molecule has 1 aromatic carbocycles. The number of carbonyl (C=O) groups is 1. The number of rotatable bonds is 5. The van der Waals surface area contributed by atoms with Crippen molar-refractivity contribution in [2.75, 3.05) is 0 Å². The van der Waals surface area contributed by atoms with E-state index in [1.807, 2.05) is 36.7 Å². The first-order valence-electron chi connectivity index (χ1n) is 7.55. The molecule has 0 radical (unpaired) electrons. The SMILES string of the molecule is CCn1cc(CC(=O)C(C#N)c2nc(C)cs2)c2ccccc21. The highest BCUT2D eigenvalue weighted by Crippen LogP contribution is 2.26. The van der Waals surface area contributed by atoms with E-state index in [9.17, 15) is 10.1 Å². The maximum Gasteiger partial charge on any atom is 0.161 e. The molecular formula is C18H17N3OS. The predicted molar refractivity (Wildman–Crippen MR) is 91.5 cm³/mol. The van der Waals surface area contributed by atoms with Crippen LogP contribution < -0.4 is 0 Å². The van der Waals surface area contributed by atoms with E-state index in [0.717, 1.165) is 28.7 Å². The smallest absolute Gasteiger partial charge is 0.161 e. The highest BCUT2D eigenvalue weighted by atomic mass is 32.1. The van der Waals surface area contributed by atoms with Crippen molar-refractivity contribution in [3.63, 3.8) is 0 Å². The molecule has 3 rings (SSSR count). The Kier molecular flexibility index (Phi) is 4.26. The maximum atomic E-state index is 12.6. The summed E-state index contributed by atoms with van der Waals surface area (Å²) in [6.45, 7) is 4.80. The number of aryl methyl sites for hydroxylation is 2. The standard InChI is InChI=1S/C18H17N3OS/c1-3-21-10-13(14-6-4-5-7-16(14)21)8-17(22)15(9-19)18-20-12(2)11-23-18/h4-7,10-11,15H,3,8H2,1-2H3. The van der Waals surface area contributed by atoms with Crippen LogP contribution in [-0.2, 0) is 17.8 Å². The zero-order valence-electron chi connectivity index (χ0n) is 13.1. The lowest BCUT2D eigenvalue weighted by Gasteiger charge is -2.04. The molecule has 0 N–H and O–H groups in total. The third kappa shape index (κ3) is 2.90. The molecule has 2 aromatic heterocycles. The molecule has 0 saturated heterocycles. The lowest BCUT2D eigenvalue weighted by atomic mass is 9.99. The molecule has 23 heavy (non-hydrogen) atoms. The molecule has 2 heterocycles. The Bertz CT molecular complexity index is 901. The Labute approximate surface area is 139 Å². The summed E-state index contributed by atoms with van der Waals surface area (Å²) >= 11 is 1.37. The Morgan fingerprint density at radius 2 is 2.22 bits per heavy atom. The van der Waals surface area contributed by atoms with Crippen LogP contribution in [0.4, 0.5) is 0 Å². The summed E-state index contributed by atoms with van der Waals surface area (Å²) in [4.78, 5) is 16.9. The Balaban J connectivity index is 1.92. The number of ketones is 1. The van der Waals surface area contributed by atoms with Crippen LogP contribution in [0, 0.1) is 18.3 Å². The van der Waals surface area contributed by atoms with E-state index >= 15 is 0 Å². The molecule has 116 valence electrons. The van der Waals surface area contributed by atoms with Crippen LogP contribution in [0.5, 0.6) is 0 Å². The normalized spacial score (nSPS) is 12.2. The van der Waals surface area contributed by atoms with Crippen molar-refractivity contribution in [1.82, 2.24) is 9.55 Å². The monoisotopic (exact) mass is 323 g/mol. The Morgan fingerprint density at radius 1 is 1.43 bits per heavy atom. The zero-order chi connectivity index (χ0) is 16.4. The zero-order valence-corrected chi connectivity index (χ0v) is 13.9. The third-order valence-electron chi connectivity index (χ3n) is 3.91. The number of fused-ring (bicyclic) bond motifs is 1. The van der Waals surface area contributed by atoms with Gasteiger partial charge >= 0.3 is 0 Å². The molecule has 5 heteroatoms. The lowest BCUT2D eigenvalue weighted by molar-refractivity contribution is -0.118. The Morgan fingerprint density at radius 3 is 2.87 bits per heavy atom. The van der Waals surface area contributed by atoms with Crippen LogP contribution in [0.1, 0.15) is 29.1 Å². The van der Waals surface area contributed by atoms with Crippen LogP contribution in [0.25, 0.3) is 10.9 Å². The van der Waals surface area contributed by atoms with Gasteiger partial charge in [0.25, 0.3) is 0 Å². The second kappa shape index (κ2) is 6.35. The van der Waals surface area contributed by atoms with Crippen LogP contribution in [0.15, 0.2) is 35.8 Å². The minimum Gasteiger partial charge on any atom is -0.347 e. The number of para-hydroxylation sites is 1. The molecule has 0 aliphatic heterocycles. The first kappa shape index (κ1) is 15.4. The number of aromatic nitrogens is 2. The van der Waals surface area contributed by atoms with Gasteiger partial charge in [-0.1, -0.05) is 18.2 Å². The molecule has 0 amide bonds. The molecule has 0 fully saturated rings. The molecule has 0 aliphatic rings. The minimum absolute atomic E-state index is 0.0964. The highest BCUT2D eigenvalue weighted by molar-refractivity contribution is 7.09. The van der Waals surface area contributed by atoms with Gasteiger partial charge in [0, 0.05) is 41.1 Å². The van der Waals surface area contributed by atoms with Crippen molar-refractivity contribution < 1.29 is 4.79 Å². The minimum atomic E-state index is -0.780. The number of benzene rings is 1. The van der Waals surface area contributed by atoms with Gasteiger partial charge in [-0.05, 0) is 25.5 Å². The van der Waals surface area contributed by atoms with Crippen molar-refractivity contribution in [3.8, 4) is 6.07 Å². The fourth-order valence-electron chi connectivity index (χ4n) is 2.78. The van der Waals surface area contributed by atoms with Crippen LogP contribution in [0.2, 0.25) is 0 Å². The van der Waals surface area contributed by atoms with Gasteiger partial charge in [-0.3, -0.25) is 4.79 Å². The molecule has 1 atom stereocenters. The molecule has 0 aliphatic carbocycles. The van der Waals surface area contributed by atoms with E-state index in [-0.39, 0.29) is 12.2 Å². The van der Waals surface area contributed by atoms with E-state index in [4.69, 9.17) is 0 Å². The van der Waals surface area contributed by atoms with E-state index in [2.05, 4.69) is 28.6 Å². The summed E-state index contributed by atoms with van der Waals surface area (Å²) in [7, 11) is 0. The summed E-state index contributed by atoms with van der Waals surface area (Å²) in [5.41, 5.74) is 2.94. The van der Waals surface area contributed by atoms with Crippen LogP contribution in [-0.4, -0.2) is 15.3 Å². The van der Waals surface area contributed by atoms with Gasteiger partial charge in [0.2, 0.25) is 0 Å². The molecule has 0 saturated carbocycles. The highest BCUT2D eigenvalue weighted by Gasteiger charge is 2.24. The maximum absolute atomic E-state index is 12.6. The Hall–Kier alpha value is -2.45. The molecule has 0 bridgehead atoms. The number of nitriles is 1. The van der Waals surface area contributed by atoms with Gasteiger partial charge < -0.3 is 4.57 Å². The third-order valence-corrected chi connectivity index (χ3v) is 4.94. The number of nitrogens with zero attached hydrogens (tertiary/aromatic N) is 3. The first-order valence-corrected chi connectivity index (χ1v) is 8.43. The molecule has 3 aromatic rings. The van der Waals surface area contributed by atoms with Gasteiger partial charge in [-0.15, -0.1) is 11.3 Å². The predicted octanol–water partition coefficient (Wildman–Crippen LogP) is 3.85. The van der Waals surface area contributed by atoms with E-state index < -0.39 is 5.92 Å². The summed E-state index contributed by atoms with van der Waals surface area (Å²) in [5.74, 6) is -0.877. The number of hydrogen-bond donors (Lipinski definition) is 0. The van der Waals surface area contributed by atoms with E-state index in [1.54, 1.807) is 0 Å². The summed E-state index contributed by atoms with van der Waals surface area (Å²) in [6, 6.07) is 10.2. The summed E-state index contributed by atoms with van der Waals surface area (Å²) in [6.07, 6.45) is 2.27. The van der Waals surface area contributed by atoms with Crippen LogP contribution in [0.3, 0.4) is 0 Å². The number of hydrogen-bond acceptors (Lipinski definition) is 4. The average molecular weight is 323 g/mol.